The number of hydrogen-bond donors (Lipinski definition) is 1. The van der Waals surface area contributed by atoms with Gasteiger partial charge in [0.1, 0.15) is 11.6 Å². The fraction of sp³-hybridized carbons (Fsp3) is 0.231. The zero-order chi connectivity index (χ0) is 12.5. The lowest BCUT2D eigenvalue weighted by atomic mass is 10.1. The van der Waals surface area contributed by atoms with E-state index in [4.69, 9.17) is 11.6 Å². The number of nitrogens with one attached hydrogen (secondary N) is 1. The molecule has 0 spiro atoms. The van der Waals surface area contributed by atoms with Crippen molar-refractivity contribution >= 4 is 11.6 Å². The molecule has 2 heterocycles. The maximum Gasteiger partial charge on any atom is 0.133 e. The minimum Gasteiger partial charge on any atom is -0.307 e. The molecule has 1 aromatic heterocycles. The van der Waals surface area contributed by atoms with Crippen molar-refractivity contribution in [1.29, 1.82) is 0 Å². The largest absolute Gasteiger partial charge is 0.307 e. The Morgan fingerprint density at radius 3 is 3.06 bits per heavy atom. The van der Waals surface area contributed by atoms with E-state index in [-0.39, 0.29) is 5.82 Å². The van der Waals surface area contributed by atoms with Gasteiger partial charge in [0.15, 0.2) is 0 Å². The molecule has 3 nitrogen and oxygen atoms in total. The van der Waals surface area contributed by atoms with Crippen molar-refractivity contribution in [3.63, 3.8) is 0 Å². The van der Waals surface area contributed by atoms with E-state index in [9.17, 15) is 4.39 Å². The number of rotatable bonds is 2. The van der Waals surface area contributed by atoms with Crippen LogP contribution in [-0.2, 0) is 19.5 Å². The third-order valence-electron chi connectivity index (χ3n) is 2.98. The Balaban J connectivity index is 1.88. The fourth-order valence-corrected chi connectivity index (χ4v) is 2.25. The molecule has 0 fully saturated rings. The molecule has 18 heavy (non-hydrogen) atoms. The lowest BCUT2D eigenvalue weighted by molar-refractivity contribution is 0.627. The SMILES string of the molecule is Fc1ccc(Cc2ncc3c(n2)CNC3)c(Cl)c1. The molecule has 0 unspecified atom stereocenters. The average molecular weight is 264 g/mol. The van der Waals surface area contributed by atoms with Crippen molar-refractivity contribution in [3.05, 3.63) is 57.9 Å². The Kier molecular flexibility index (Phi) is 2.97. The molecule has 0 bridgehead atoms. The summed E-state index contributed by atoms with van der Waals surface area (Å²) in [6.45, 7) is 1.61. The number of fused-ring (bicyclic) bond motifs is 1. The van der Waals surface area contributed by atoms with Gasteiger partial charge in [0.25, 0.3) is 0 Å². The predicted molar refractivity (Wildman–Crippen MR) is 66.8 cm³/mol. The predicted octanol–water partition coefficient (Wildman–Crippen LogP) is 2.46. The summed E-state index contributed by atoms with van der Waals surface area (Å²) in [7, 11) is 0. The van der Waals surface area contributed by atoms with Crippen molar-refractivity contribution in [2.24, 2.45) is 0 Å². The summed E-state index contributed by atoms with van der Waals surface area (Å²) in [4.78, 5) is 8.79. The second-order valence-electron chi connectivity index (χ2n) is 4.27. The van der Waals surface area contributed by atoms with Crippen LogP contribution in [0.2, 0.25) is 5.02 Å². The standard InChI is InChI=1S/C13H11ClFN3/c14-11-4-10(15)2-1-8(11)3-13-17-6-9-5-16-7-12(9)18-13/h1-2,4,6,16H,3,5,7H2. The van der Waals surface area contributed by atoms with Gasteiger partial charge in [0.05, 0.1) is 5.69 Å². The Morgan fingerprint density at radius 1 is 1.33 bits per heavy atom. The van der Waals surface area contributed by atoms with Crippen molar-refractivity contribution in [2.75, 3.05) is 0 Å². The summed E-state index contributed by atoms with van der Waals surface area (Å²) in [5.41, 5.74) is 3.02. The zero-order valence-electron chi connectivity index (χ0n) is 9.58. The quantitative estimate of drug-likeness (QED) is 0.905. The van der Waals surface area contributed by atoms with E-state index in [0.717, 1.165) is 29.9 Å². The van der Waals surface area contributed by atoms with Crippen LogP contribution in [0, 0.1) is 5.82 Å². The highest BCUT2D eigenvalue weighted by atomic mass is 35.5. The van der Waals surface area contributed by atoms with Crippen LogP contribution in [0.4, 0.5) is 4.39 Å². The van der Waals surface area contributed by atoms with E-state index in [1.165, 1.54) is 12.1 Å². The number of aromatic nitrogens is 2. The molecule has 5 heteroatoms. The molecular formula is C13H11ClFN3. The lowest BCUT2D eigenvalue weighted by Crippen LogP contribution is -2.02. The first-order valence-corrected chi connectivity index (χ1v) is 6.08. The van der Waals surface area contributed by atoms with Crippen LogP contribution >= 0.6 is 11.6 Å². The van der Waals surface area contributed by atoms with E-state index in [0.29, 0.717) is 17.3 Å². The smallest absolute Gasteiger partial charge is 0.133 e. The first-order chi connectivity index (χ1) is 8.72. The number of benzene rings is 1. The average Bonchev–Trinajstić information content (AvgIpc) is 2.80. The van der Waals surface area contributed by atoms with Crippen LogP contribution in [0.25, 0.3) is 0 Å². The molecule has 0 saturated heterocycles. The summed E-state index contributed by atoms with van der Waals surface area (Å²) in [5.74, 6) is 0.383. The molecule has 0 radical (unpaired) electrons. The van der Waals surface area contributed by atoms with E-state index in [1.807, 2.05) is 6.20 Å². The first-order valence-electron chi connectivity index (χ1n) is 5.71. The Bertz CT molecular complexity index is 601. The molecule has 0 aliphatic carbocycles. The van der Waals surface area contributed by atoms with Crippen LogP contribution in [0.1, 0.15) is 22.6 Å². The second-order valence-corrected chi connectivity index (χ2v) is 4.68. The minimum absolute atomic E-state index is 0.331. The molecule has 1 N–H and O–H groups in total. The van der Waals surface area contributed by atoms with Gasteiger partial charge in [-0.15, -0.1) is 0 Å². The highest BCUT2D eigenvalue weighted by Crippen LogP contribution is 2.20. The van der Waals surface area contributed by atoms with Crippen molar-refractivity contribution in [2.45, 2.75) is 19.5 Å². The third kappa shape index (κ3) is 2.21. The van der Waals surface area contributed by atoms with E-state index in [1.54, 1.807) is 6.07 Å². The highest BCUT2D eigenvalue weighted by Gasteiger charge is 2.13. The van der Waals surface area contributed by atoms with E-state index in [2.05, 4.69) is 15.3 Å². The van der Waals surface area contributed by atoms with Crippen LogP contribution < -0.4 is 5.32 Å². The molecule has 92 valence electrons. The molecule has 0 atom stereocenters. The Labute approximate surface area is 109 Å². The Morgan fingerprint density at radius 2 is 2.22 bits per heavy atom. The van der Waals surface area contributed by atoms with Gasteiger partial charge in [0, 0.05) is 36.3 Å². The molecule has 1 aliphatic heterocycles. The van der Waals surface area contributed by atoms with Gasteiger partial charge >= 0.3 is 0 Å². The number of hydrogen-bond acceptors (Lipinski definition) is 3. The van der Waals surface area contributed by atoms with Crippen LogP contribution in [-0.4, -0.2) is 9.97 Å². The summed E-state index contributed by atoms with van der Waals surface area (Å²) in [6, 6.07) is 4.38. The Hall–Kier alpha value is -1.52. The lowest BCUT2D eigenvalue weighted by Gasteiger charge is -2.05. The molecule has 3 rings (SSSR count). The number of halogens is 2. The van der Waals surface area contributed by atoms with Gasteiger partial charge in [-0.1, -0.05) is 17.7 Å². The van der Waals surface area contributed by atoms with Gasteiger partial charge in [-0.05, 0) is 17.7 Å². The van der Waals surface area contributed by atoms with Crippen LogP contribution in [0.15, 0.2) is 24.4 Å². The first kappa shape index (κ1) is 11.6. The van der Waals surface area contributed by atoms with Gasteiger partial charge in [-0.3, -0.25) is 0 Å². The zero-order valence-corrected chi connectivity index (χ0v) is 10.3. The second kappa shape index (κ2) is 4.63. The molecule has 0 amide bonds. The minimum atomic E-state index is -0.331. The normalized spacial score (nSPS) is 13.7. The van der Waals surface area contributed by atoms with Crippen molar-refractivity contribution < 1.29 is 4.39 Å². The number of nitrogens with zero attached hydrogens (tertiary/aromatic N) is 2. The van der Waals surface area contributed by atoms with Gasteiger partial charge in [-0.25, -0.2) is 14.4 Å². The van der Waals surface area contributed by atoms with Gasteiger partial charge in [0.2, 0.25) is 0 Å². The fourth-order valence-electron chi connectivity index (χ4n) is 2.02. The third-order valence-corrected chi connectivity index (χ3v) is 3.33. The summed E-state index contributed by atoms with van der Waals surface area (Å²) < 4.78 is 12.9. The molecule has 0 saturated carbocycles. The van der Waals surface area contributed by atoms with Crippen LogP contribution in [0.3, 0.4) is 0 Å². The van der Waals surface area contributed by atoms with E-state index < -0.39 is 0 Å². The summed E-state index contributed by atoms with van der Waals surface area (Å²) in [6.07, 6.45) is 2.36. The van der Waals surface area contributed by atoms with Crippen LogP contribution in [0.5, 0.6) is 0 Å². The monoisotopic (exact) mass is 263 g/mol. The topological polar surface area (TPSA) is 37.8 Å². The van der Waals surface area contributed by atoms with Gasteiger partial charge in [-0.2, -0.15) is 0 Å². The summed E-state index contributed by atoms with van der Waals surface area (Å²) in [5, 5.41) is 3.63. The van der Waals surface area contributed by atoms with Crippen molar-refractivity contribution in [3.8, 4) is 0 Å². The molecular weight excluding hydrogens is 253 g/mol. The highest BCUT2D eigenvalue weighted by molar-refractivity contribution is 6.31. The summed E-state index contributed by atoms with van der Waals surface area (Å²) >= 11 is 5.99. The van der Waals surface area contributed by atoms with Gasteiger partial charge < -0.3 is 5.32 Å². The van der Waals surface area contributed by atoms with Crippen molar-refractivity contribution in [1.82, 2.24) is 15.3 Å². The molecule has 1 aromatic carbocycles. The molecule has 1 aliphatic rings. The maximum absolute atomic E-state index is 12.9. The maximum atomic E-state index is 12.9. The van der Waals surface area contributed by atoms with E-state index >= 15 is 0 Å². The molecule has 2 aromatic rings.